The zero-order chi connectivity index (χ0) is 12.1. The van der Waals surface area contributed by atoms with Crippen molar-refractivity contribution >= 4 is 18.0 Å². The van der Waals surface area contributed by atoms with Crippen LogP contribution in [0.25, 0.3) is 0 Å². The first kappa shape index (κ1) is 11.7. The zero-order valence-electron chi connectivity index (χ0n) is 9.29. The van der Waals surface area contributed by atoms with Crippen LogP contribution >= 0.6 is 11.8 Å². The molecule has 0 saturated carbocycles. The molecule has 4 heteroatoms. The minimum absolute atomic E-state index is 0.605. The van der Waals surface area contributed by atoms with Crippen LogP contribution in [0, 0.1) is 0 Å². The molecule has 0 radical (unpaired) electrons. The molecule has 0 amide bonds. The SMILES string of the molecule is COc1ccc(Sc2ncccc2C=O)cc1. The molecule has 0 fully saturated rings. The molecule has 3 nitrogen and oxygen atoms in total. The van der Waals surface area contributed by atoms with Crippen LogP contribution in [0.3, 0.4) is 0 Å². The minimum atomic E-state index is 0.605. The van der Waals surface area contributed by atoms with Gasteiger partial charge in [-0.05, 0) is 36.4 Å². The number of hydrogen-bond donors (Lipinski definition) is 0. The zero-order valence-corrected chi connectivity index (χ0v) is 10.1. The number of ether oxygens (including phenoxy) is 1. The van der Waals surface area contributed by atoms with Gasteiger partial charge in [-0.25, -0.2) is 4.98 Å². The van der Waals surface area contributed by atoms with Crippen molar-refractivity contribution in [3.05, 3.63) is 48.2 Å². The molecule has 0 bridgehead atoms. The third-order valence-corrected chi connectivity index (χ3v) is 3.24. The first-order chi connectivity index (χ1) is 8.33. The summed E-state index contributed by atoms with van der Waals surface area (Å²) in [4.78, 5) is 16.1. The molecule has 17 heavy (non-hydrogen) atoms. The summed E-state index contributed by atoms with van der Waals surface area (Å²) in [5, 5.41) is 0.715. The lowest BCUT2D eigenvalue weighted by Crippen LogP contribution is -1.88. The Kier molecular flexibility index (Phi) is 3.77. The third kappa shape index (κ3) is 2.85. The molecule has 0 aliphatic heterocycles. The van der Waals surface area contributed by atoms with Crippen LogP contribution in [-0.4, -0.2) is 18.4 Å². The fourth-order valence-electron chi connectivity index (χ4n) is 1.33. The van der Waals surface area contributed by atoms with Crippen LogP contribution < -0.4 is 4.74 Å². The van der Waals surface area contributed by atoms with E-state index in [1.165, 1.54) is 11.8 Å². The van der Waals surface area contributed by atoms with Gasteiger partial charge in [-0.15, -0.1) is 0 Å². The lowest BCUT2D eigenvalue weighted by molar-refractivity contribution is 0.112. The van der Waals surface area contributed by atoms with Crippen LogP contribution in [-0.2, 0) is 0 Å². The predicted octanol–water partition coefficient (Wildman–Crippen LogP) is 3.05. The molecule has 1 aromatic heterocycles. The number of aromatic nitrogens is 1. The highest BCUT2D eigenvalue weighted by Crippen LogP contribution is 2.29. The topological polar surface area (TPSA) is 39.2 Å². The summed E-state index contributed by atoms with van der Waals surface area (Å²) < 4.78 is 5.08. The smallest absolute Gasteiger partial charge is 0.152 e. The summed E-state index contributed by atoms with van der Waals surface area (Å²) in [7, 11) is 1.63. The fourth-order valence-corrected chi connectivity index (χ4v) is 2.18. The Morgan fingerprint density at radius 2 is 2.00 bits per heavy atom. The number of pyridine rings is 1. The summed E-state index contributed by atoms with van der Waals surface area (Å²) in [6.45, 7) is 0. The quantitative estimate of drug-likeness (QED) is 0.776. The van der Waals surface area contributed by atoms with E-state index in [1.54, 1.807) is 25.4 Å². The average Bonchev–Trinajstić information content (AvgIpc) is 2.40. The first-order valence-electron chi connectivity index (χ1n) is 5.05. The molecule has 0 spiro atoms. The molecule has 1 aromatic carbocycles. The number of nitrogens with zero attached hydrogens (tertiary/aromatic N) is 1. The van der Waals surface area contributed by atoms with Crippen LogP contribution in [0.5, 0.6) is 5.75 Å². The summed E-state index contributed by atoms with van der Waals surface area (Å²) in [5.41, 5.74) is 0.605. The van der Waals surface area contributed by atoms with Crippen LogP contribution in [0.4, 0.5) is 0 Å². The van der Waals surface area contributed by atoms with Gasteiger partial charge in [0, 0.05) is 16.7 Å². The molecule has 1 heterocycles. The van der Waals surface area contributed by atoms with E-state index in [0.717, 1.165) is 16.9 Å². The van der Waals surface area contributed by atoms with E-state index < -0.39 is 0 Å². The summed E-state index contributed by atoms with van der Waals surface area (Å²) in [6, 6.07) is 11.1. The van der Waals surface area contributed by atoms with Gasteiger partial charge in [-0.3, -0.25) is 4.79 Å². The van der Waals surface area contributed by atoms with Crippen LogP contribution in [0.15, 0.2) is 52.5 Å². The Morgan fingerprint density at radius 1 is 1.24 bits per heavy atom. The second-order valence-electron chi connectivity index (χ2n) is 3.29. The van der Waals surface area contributed by atoms with Crippen molar-refractivity contribution in [3.8, 4) is 5.75 Å². The molecular formula is C13H11NO2S. The van der Waals surface area contributed by atoms with Crippen molar-refractivity contribution in [2.75, 3.05) is 7.11 Å². The molecule has 0 aliphatic rings. The van der Waals surface area contributed by atoms with Gasteiger partial charge in [-0.2, -0.15) is 0 Å². The molecule has 2 aromatic rings. The number of rotatable bonds is 4. The van der Waals surface area contributed by atoms with Crippen LogP contribution in [0.2, 0.25) is 0 Å². The van der Waals surface area contributed by atoms with Gasteiger partial charge >= 0.3 is 0 Å². The second-order valence-corrected chi connectivity index (χ2v) is 4.36. The number of benzene rings is 1. The molecule has 0 atom stereocenters. The van der Waals surface area contributed by atoms with E-state index >= 15 is 0 Å². The third-order valence-electron chi connectivity index (χ3n) is 2.20. The molecular weight excluding hydrogens is 234 g/mol. The Morgan fingerprint density at radius 3 is 2.65 bits per heavy atom. The van der Waals surface area contributed by atoms with E-state index in [-0.39, 0.29) is 0 Å². The number of methoxy groups -OCH3 is 1. The monoisotopic (exact) mass is 245 g/mol. The summed E-state index contributed by atoms with van der Waals surface area (Å²) in [5.74, 6) is 0.811. The average molecular weight is 245 g/mol. The van der Waals surface area contributed by atoms with Crippen molar-refractivity contribution in [2.24, 2.45) is 0 Å². The maximum absolute atomic E-state index is 10.8. The van der Waals surface area contributed by atoms with Gasteiger partial charge < -0.3 is 4.74 Å². The minimum Gasteiger partial charge on any atom is -0.497 e. The van der Waals surface area contributed by atoms with E-state index in [1.807, 2.05) is 24.3 Å². The van der Waals surface area contributed by atoms with E-state index in [2.05, 4.69) is 4.98 Å². The standard InChI is InChI=1S/C13H11NO2S/c1-16-11-4-6-12(7-5-11)17-13-10(9-15)3-2-8-14-13/h2-9H,1H3. The molecule has 0 unspecified atom stereocenters. The Balaban J connectivity index is 2.22. The molecule has 0 N–H and O–H groups in total. The van der Waals surface area contributed by atoms with Crippen molar-refractivity contribution in [1.29, 1.82) is 0 Å². The molecule has 0 saturated heterocycles. The lowest BCUT2D eigenvalue weighted by atomic mass is 10.3. The Bertz CT molecular complexity index is 511. The number of carbonyl (C=O) groups is 1. The summed E-state index contributed by atoms with van der Waals surface area (Å²) >= 11 is 1.46. The van der Waals surface area contributed by atoms with Crippen molar-refractivity contribution < 1.29 is 9.53 Å². The largest absolute Gasteiger partial charge is 0.497 e. The lowest BCUT2D eigenvalue weighted by Gasteiger charge is -2.04. The van der Waals surface area contributed by atoms with Gasteiger partial charge in [0.25, 0.3) is 0 Å². The van der Waals surface area contributed by atoms with E-state index in [4.69, 9.17) is 4.74 Å². The highest BCUT2D eigenvalue weighted by atomic mass is 32.2. The maximum atomic E-state index is 10.8. The molecule has 2 rings (SSSR count). The van der Waals surface area contributed by atoms with Gasteiger partial charge in [0.2, 0.25) is 0 Å². The van der Waals surface area contributed by atoms with Crippen molar-refractivity contribution in [3.63, 3.8) is 0 Å². The fraction of sp³-hybridized carbons (Fsp3) is 0.0769. The predicted molar refractivity (Wildman–Crippen MR) is 66.7 cm³/mol. The van der Waals surface area contributed by atoms with Gasteiger partial charge in [0.1, 0.15) is 10.8 Å². The highest BCUT2D eigenvalue weighted by Gasteiger charge is 2.04. The number of aldehydes is 1. The maximum Gasteiger partial charge on any atom is 0.152 e. The van der Waals surface area contributed by atoms with Gasteiger partial charge in [0.15, 0.2) is 6.29 Å². The van der Waals surface area contributed by atoms with Gasteiger partial charge in [-0.1, -0.05) is 11.8 Å². The first-order valence-corrected chi connectivity index (χ1v) is 5.87. The second kappa shape index (κ2) is 5.50. The molecule has 86 valence electrons. The van der Waals surface area contributed by atoms with E-state index in [9.17, 15) is 4.79 Å². The van der Waals surface area contributed by atoms with Crippen molar-refractivity contribution in [1.82, 2.24) is 4.98 Å². The number of carbonyl (C=O) groups excluding carboxylic acids is 1. The Labute approximate surface area is 104 Å². The van der Waals surface area contributed by atoms with Crippen LogP contribution in [0.1, 0.15) is 10.4 Å². The van der Waals surface area contributed by atoms with Gasteiger partial charge in [0.05, 0.1) is 7.11 Å². The molecule has 0 aliphatic carbocycles. The Hall–Kier alpha value is -1.81. The number of hydrogen-bond acceptors (Lipinski definition) is 4. The van der Waals surface area contributed by atoms with E-state index in [0.29, 0.717) is 10.6 Å². The summed E-state index contributed by atoms with van der Waals surface area (Å²) in [6.07, 6.45) is 2.50. The van der Waals surface area contributed by atoms with Crippen molar-refractivity contribution in [2.45, 2.75) is 9.92 Å². The normalized spacial score (nSPS) is 9.94. The highest BCUT2D eigenvalue weighted by molar-refractivity contribution is 7.99.